The summed E-state index contributed by atoms with van der Waals surface area (Å²) in [6, 6.07) is 10.4. The Morgan fingerprint density at radius 1 is 1.07 bits per heavy atom. The summed E-state index contributed by atoms with van der Waals surface area (Å²) in [5.74, 6) is 1.22. The quantitative estimate of drug-likeness (QED) is 0.557. The number of aliphatic hydroxyl groups is 1. The monoisotopic (exact) mass is 226 g/mol. The van der Waals surface area contributed by atoms with Crippen molar-refractivity contribution in [3.63, 3.8) is 0 Å². The van der Waals surface area contributed by atoms with Crippen LogP contribution in [0.25, 0.3) is 0 Å². The summed E-state index contributed by atoms with van der Waals surface area (Å²) < 4.78 is 0. The third-order valence-electron chi connectivity index (χ3n) is 2.68. The average molecular weight is 227 g/mol. The Hall–Kier alpha value is -0.530. The third kappa shape index (κ3) is 4.67. The number of unbranched alkanes of at least 4 members (excludes halogenated alkanes) is 1. The van der Waals surface area contributed by atoms with E-state index in [4.69, 9.17) is 16.7 Å². The highest BCUT2D eigenvalue weighted by Gasteiger charge is 2.09. The minimum absolute atomic E-state index is 0.264. The smallest absolute Gasteiger partial charge is 0.0436 e. The molecule has 0 amide bonds. The highest BCUT2D eigenvalue weighted by molar-refractivity contribution is 6.17. The lowest BCUT2D eigenvalue weighted by Gasteiger charge is -2.15. The molecule has 0 saturated carbocycles. The van der Waals surface area contributed by atoms with E-state index in [2.05, 4.69) is 24.3 Å². The Kier molecular flexibility index (Phi) is 6.45. The van der Waals surface area contributed by atoms with Crippen LogP contribution in [-0.4, -0.2) is 17.6 Å². The van der Waals surface area contributed by atoms with E-state index >= 15 is 0 Å². The zero-order chi connectivity index (χ0) is 10.9. The van der Waals surface area contributed by atoms with Gasteiger partial charge in [0.2, 0.25) is 0 Å². The Morgan fingerprint density at radius 3 is 2.40 bits per heavy atom. The van der Waals surface area contributed by atoms with Gasteiger partial charge in [0.05, 0.1) is 0 Å². The number of benzene rings is 1. The van der Waals surface area contributed by atoms with Gasteiger partial charge < -0.3 is 5.11 Å². The second-order valence-corrected chi connectivity index (χ2v) is 4.18. The fraction of sp³-hybridized carbons (Fsp3) is 0.538. The second-order valence-electron chi connectivity index (χ2n) is 3.80. The van der Waals surface area contributed by atoms with E-state index < -0.39 is 0 Å². The fourth-order valence-electron chi connectivity index (χ4n) is 1.84. The van der Waals surface area contributed by atoms with Gasteiger partial charge in [0, 0.05) is 12.5 Å². The van der Waals surface area contributed by atoms with Crippen molar-refractivity contribution in [3.8, 4) is 0 Å². The lowest BCUT2D eigenvalue weighted by Crippen LogP contribution is -2.01. The van der Waals surface area contributed by atoms with E-state index in [1.807, 2.05) is 6.07 Å². The van der Waals surface area contributed by atoms with Crippen LogP contribution in [0.4, 0.5) is 0 Å². The van der Waals surface area contributed by atoms with E-state index in [1.54, 1.807) is 0 Å². The summed E-state index contributed by atoms with van der Waals surface area (Å²) in [5.41, 5.74) is 1.33. The minimum Gasteiger partial charge on any atom is -0.396 e. The lowest BCUT2D eigenvalue weighted by atomic mass is 9.91. The maximum atomic E-state index is 9.03. The average Bonchev–Trinajstić information content (AvgIpc) is 2.29. The Morgan fingerprint density at radius 2 is 1.80 bits per heavy atom. The number of alkyl halides is 1. The number of halogens is 1. The van der Waals surface area contributed by atoms with Crippen LogP contribution in [0.2, 0.25) is 0 Å². The molecule has 2 heteroatoms. The van der Waals surface area contributed by atoms with Crippen LogP contribution in [0.5, 0.6) is 0 Å². The lowest BCUT2D eigenvalue weighted by molar-refractivity contribution is 0.271. The van der Waals surface area contributed by atoms with Crippen LogP contribution in [-0.2, 0) is 0 Å². The maximum absolute atomic E-state index is 9.03. The molecule has 1 N–H and O–H groups in total. The topological polar surface area (TPSA) is 20.2 Å². The Bertz CT molecular complexity index is 248. The minimum atomic E-state index is 0.264. The Balaban J connectivity index is 2.50. The number of aliphatic hydroxyl groups excluding tert-OH is 1. The van der Waals surface area contributed by atoms with Crippen molar-refractivity contribution < 1.29 is 5.11 Å². The molecule has 1 aromatic carbocycles. The van der Waals surface area contributed by atoms with Crippen LogP contribution >= 0.6 is 11.6 Å². The molecule has 0 aliphatic rings. The van der Waals surface area contributed by atoms with Gasteiger partial charge in [-0.1, -0.05) is 36.8 Å². The second kappa shape index (κ2) is 7.72. The van der Waals surface area contributed by atoms with Gasteiger partial charge in [-0.3, -0.25) is 0 Å². The molecule has 0 bridgehead atoms. The van der Waals surface area contributed by atoms with Gasteiger partial charge in [-0.05, 0) is 30.7 Å². The first-order valence-electron chi connectivity index (χ1n) is 5.60. The standard InChI is InChI=1S/C13H19ClO/c14-10-5-4-8-13(9-11-15)12-6-2-1-3-7-12/h1-3,6-7,13,15H,4-5,8-11H2. The number of hydrogen-bond acceptors (Lipinski definition) is 1. The zero-order valence-electron chi connectivity index (χ0n) is 9.03. The molecule has 1 aromatic rings. The van der Waals surface area contributed by atoms with E-state index in [-0.39, 0.29) is 6.61 Å². The molecular formula is C13H19ClO. The van der Waals surface area contributed by atoms with E-state index in [0.29, 0.717) is 5.92 Å². The molecule has 1 atom stereocenters. The van der Waals surface area contributed by atoms with Gasteiger partial charge >= 0.3 is 0 Å². The van der Waals surface area contributed by atoms with Crippen molar-refractivity contribution in [2.24, 2.45) is 0 Å². The molecule has 0 saturated heterocycles. The predicted octanol–water partition coefficient (Wildman–Crippen LogP) is 3.56. The van der Waals surface area contributed by atoms with Crippen molar-refractivity contribution in [1.82, 2.24) is 0 Å². The number of hydrogen-bond donors (Lipinski definition) is 1. The van der Waals surface area contributed by atoms with Crippen molar-refractivity contribution in [2.75, 3.05) is 12.5 Å². The number of rotatable bonds is 7. The molecule has 0 aliphatic heterocycles. The molecule has 1 unspecified atom stereocenters. The summed E-state index contributed by atoms with van der Waals surface area (Å²) in [7, 11) is 0. The van der Waals surface area contributed by atoms with Crippen LogP contribution < -0.4 is 0 Å². The van der Waals surface area contributed by atoms with Crippen molar-refractivity contribution >= 4 is 11.6 Å². The van der Waals surface area contributed by atoms with E-state index in [1.165, 1.54) is 5.56 Å². The molecule has 1 nitrogen and oxygen atoms in total. The van der Waals surface area contributed by atoms with Gasteiger partial charge in [0.1, 0.15) is 0 Å². The van der Waals surface area contributed by atoms with Gasteiger partial charge in [-0.25, -0.2) is 0 Å². The highest BCUT2D eigenvalue weighted by Crippen LogP contribution is 2.25. The van der Waals surface area contributed by atoms with E-state index in [0.717, 1.165) is 31.6 Å². The molecular weight excluding hydrogens is 208 g/mol. The van der Waals surface area contributed by atoms with Gasteiger partial charge in [-0.2, -0.15) is 0 Å². The van der Waals surface area contributed by atoms with Crippen molar-refractivity contribution in [3.05, 3.63) is 35.9 Å². The summed E-state index contributed by atoms with van der Waals surface area (Å²) >= 11 is 5.66. The first-order chi connectivity index (χ1) is 7.38. The Labute approximate surface area is 97.1 Å². The van der Waals surface area contributed by atoms with Gasteiger partial charge in [-0.15, -0.1) is 11.6 Å². The molecule has 1 rings (SSSR count). The van der Waals surface area contributed by atoms with Gasteiger partial charge in [0.25, 0.3) is 0 Å². The van der Waals surface area contributed by atoms with Gasteiger partial charge in [0.15, 0.2) is 0 Å². The molecule has 0 fully saturated rings. The maximum Gasteiger partial charge on any atom is 0.0436 e. The highest BCUT2D eigenvalue weighted by atomic mass is 35.5. The zero-order valence-corrected chi connectivity index (χ0v) is 9.79. The molecule has 15 heavy (non-hydrogen) atoms. The summed E-state index contributed by atoms with van der Waals surface area (Å²) in [6.45, 7) is 0.264. The third-order valence-corrected chi connectivity index (χ3v) is 2.95. The normalized spacial score (nSPS) is 12.7. The van der Waals surface area contributed by atoms with E-state index in [9.17, 15) is 0 Å². The molecule has 0 heterocycles. The van der Waals surface area contributed by atoms with Crippen LogP contribution in [0.3, 0.4) is 0 Å². The summed E-state index contributed by atoms with van der Waals surface area (Å²) in [5, 5.41) is 9.03. The van der Waals surface area contributed by atoms with Crippen LogP contribution in [0, 0.1) is 0 Å². The van der Waals surface area contributed by atoms with Crippen molar-refractivity contribution in [1.29, 1.82) is 0 Å². The summed E-state index contributed by atoms with van der Waals surface area (Å²) in [6.07, 6.45) is 4.18. The first kappa shape index (κ1) is 12.5. The largest absolute Gasteiger partial charge is 0.396 e. The van der Waals surface area contributed by atoms with Crippen LogP contribution in [0.1, 0.15) is 37.2 Å². The molecule has 0 radical (unpaired) electrons. The molecule has 84 valence electrons. The molecule has 0 aliphatic carbocycles. The predicted molar refractivity (Wildman–Crippen MR) is 65.5 cm³/mol. The van der Waals surface area contributed by atoms with Crippen LogP contribution in [0.15, 0.2) is 30.3 Å². The molecule has 0 spiro atoms. The fourth-order valence-corrected chi connectivity index (χ4v) is 2.03. The summed E-state index contributed by atoms with van der Waals surface area (Å²) in [4.78, 5) is 0. The SMILES string of the molecule is OCCC(CCCCCl)c1ccccc1. The molecule has 0 aromatic heterocycles. The van der Waals surface area contributed by atoms with Crippen molar-refractivity contribution in [2.45, 2.75) is 31.6 Å². The first-order valence-corrected chi connectivity index (χ1v) is 6.13.